The number of anilines is 2. The zero-order valence-electron chi connectivity index (χ0n) is 13.9. The van der Waals surface area contributed by atoms with Gasteiger partial charge < -0.3 is 19.8 Å². The van der Waals surface area contributed by atoms with Crippen molar-refractivity contribution < 1.29 is 35.8 Å². The van der Waals surface area contributed by atoms with Crippen LogP contribution in [0.5, 0.6) is 11.6 Å². The highest BCUT2D eigenvalue weighted by atomic mass is 19.4. The summed E-state index contributed by atoms with van der Waals surface area (Å²) in [6.45, 7) is 1.78. The van der Waals surface area contributed by atoms with Crippen molar-refractivity contribution in [2.75, 3.05) is 11.9 Å². The predicted molar refractivity (Wildman–Crippen MR) is 84.3 cm³/mol. The number of aromatic nitrogens is 4. The van der Waals surface area contributed by atoms with Crippen LogP contribution in [0.15, 0.2) is 24.3 Å². The molecule has 0 spiro atoms. The second-order valence-corrected chi connectivity index (χ2v) is 5.26. The molecule has 2 heterocycles. The number of fused-ring (bicyclic) bond motifs is 1. The second kappa shape index (κ2) is 7.05. The van der Waals surface area contributed by atoms with Crippen molar-refractivity contribution in [3.63, 3.8) is 0 Å². The molecule has 0 saturated heterocycles. The Morgan fingerprint density at radius 1 is 1.00 bits per heavy atom. The maximum absolute atomic E-state index is 12.8. The molecule has 1 aromatic carbocycles. The fourth-order valence-electron chi connectivity index (χ4n) is 2.15. The molecule has 0 saturated carbocycles. The van der Waals surface area contributed by atoms with E-state index in [1.54, 1.807) is 6.92 Å². The number of hydrogen-bond donors (Lipinski definition) is 2. The van der Waals surface area contributed by atoms with E-state index < -0.39 is 24.1 Å². The molecular weight excluding hydrogens is 396 g/mol. The highest BCUT2D eigenvalue weighted by Crippen LogP contribution is 2.31. The van der Waals surface area contributed by atoms with Crippen LogP contribution in [0.4, 0.5) is 37.8 Å². The largest absolute Gasteiger partial charge is 0.573 e. The number of nitrogens with zero attached hydrogens (tertiary/aromatic N) is 3. The van der Waals surface area contributed by atoms with E-state index in [2.05, 4.69) is 25.0 Å². The topological polar surface area (TPSA) is 85.0 Å². The highest BCUT2D eigenvalue weighted by molar-refractivity contribution is 5.73. The van der Waals surface area contributed by atoms with E-state index >= 15 is 0 Å². The summed E-state index contributed by atoms with van der Waals surface area (Å²) < 4.78 is 84.0. The van der Waals surface area contributed by atoms with Crippen LogP contribution in [-0.4, -0.2) is 32.9 Å². The van der Waals surface area contributed by atoms with Gasteiger partial charge in [-0.25, -0.2) is 9.97 Å². The summed E-state index contributed by atoms with van der Waals surface area (Å²) in [5.74, 6) is -1.87. The van der Waals surface area contributed by atoms with Crippen molar-refractivity contribution >= 4 is 22.8 Å². The van der Waals surface area contributed by atoms with Crippen molar-refractivity contribution in [3.8, 4) is 11.6 Å². The van der Waals surface area contributed by atoms with Crippen LogP contribution in [0.3, 0.4) is 0 Å². The lowest BCUT2D eigenvalue weighted by atomic mass is 10.3. The van der Waals surface area contributed by atoms with E-state index in [-0.39, 0.29) is 35.3 Å². The first kappa shape index (κ1) is 19.5. The lowest BCUT2D eigenvalue weighted by Crippen LogP contribution is -2.17. The van der Waals surface area contributed by atoms with Gasteiger partial charge in [0.1, 0.15) is 5.75 Å². The maximum atomic E-state index is 12.8. The van der Waals surface area contributed by atoms with Gasteiger partial charge in [0.05, 0.1) is 6.61 Å². The monoisotopic (exact) mass is 407 g/mol. The van der Waals surface area contributed by atoms with Crippen molar-refractivity contribution in [3.05, 3.63) is 30.1 Å². The number of H-pyrrole nitrogens is 1. The second-order valence-electron chi connectivity index (χ2n) is 5.26. The summed E-state index contributed by atoms with van der Waals surface area (Å²) in [5, 5.41) is 2.72. The third-order valence-electron chi connectivity index (χ3n) is 3.20. The van der Waals surface area contributed by atoms with Gasteiger partial charge in [-0.1, -0.05) is 0 Å². The Morgan fingerprint density at radius 2 is 1.68 bits per heavy atom. The van der Waals surface area contributed by atoms with E-state index in [4.69, 9.17) is 4.74 Å². The normalized spacial score (nSPS) is 12.2. The minimum atomic E-state index is -4.83. The molecule has 13 heteroatoms. The fourth-order valence-corrected chi connectivity index (χ4v) is 2.15. The molecule has 150 valence electrons. The van der Waals surface area contributed by atoms with E-state index in [0.29, 0.717) is 0 Å². The zero-order chi connectivity index (χ0) is 20.5. The van der Waals surface area contributed by atoms with Gasteiger partial charge in [0.15, 0.2) is 17.1 Å². The molecular formula is C15H11F6N5O2. The van der Waals surface area contributed by atoms with Crippen molar-refractivity contribution in [2.45, 2.75) is 19.5 Å². The van der Waals surface area contributed by atoms with Crippen LogP contribution in [-0.2, 0) is 6.18 Å². The maximum Gasteiger partial charge on any atom is 0.573 e. The smallest absolute Gasteiger partial charge is 0.475 e. The number of rotatable bonds is 5. The van der Waals surface area contributed by atoms with Gasteiger partial charge in [-0.05, 0) is 31.2 Å². The van der Waals surface area contributed by atoms with Crippen molar-refractivity contribution in [2.24, 2.45) is 0 Å². The Bertz CT molecular complexity index is 968. The lowest BCUT2D eigenvalue weighted by molar-refractivity contribution is -0.274. The SMILES string of the molecule is CCOc1nc2[nH]c(C(F)(F)F)nc2nc1Nc1ccc(OC(F)(F)F)cc1. The molecule has 7 nitrogen and oxygen atoms in total. The van der Waals surface area contributed by atoms with Gasteiger partial charge in [-0.3, -0.25) is 0 Å². The van der Waals surface area contributed by atoms with Gasteiger partial charge in [0, 0.05) is 5.69 Å². The molecule has 0 atom stereocenters. The van der Waals surface area contributed by atoms with Crippen LogP contribution in [0, 0.1) is 0 Å². The van der Waals surface area contributed by atoms with Crippen LogP contribution >= 0.6 is 0 Å². The Labute approximate surface area is 152 Å². The standard InChI is InChI=1S/C15H11F6N5O2/c1-2-27-12-11(22-7-3-5-8(6-4-7)28-15(19,20)21)23-9-10(24-12)26-13(25-9)14(16,17)18/h3-6H,2H2,1H3,(H2,22,23,24,25,26). The van der Waals surface area contributed by atoms with Crippen LogP contribution in [0.25, 0.3) is 11.3 Å². The van der Waals surface area contributed by atoms with Gasteiger partial charge in [-0.15, -0.1) is 13.2 Å². The molecule has 0 aliphatic heterocycles. The number of aromatic amines is 1. The molecule has 28 heavy (non-hydrogen) atoms. The summed E-state index contributed by atoms with van der Waals surface area (Å²) in [5.41, 5.74) is -0.263. The number of halogens is 6. The Balaban J connectivity index is 1.91. The molecule has 3 rings (SSSR count). The van der Waals surface area contributed by atoms with Gasteiger partial charge in [0.25, 0.3) is 5.88 Å². The van der Waals surface area contributed by atoms with Gasteiger partial charge in [0.2, 0.25) is 5.82 Å². The number of benzene rings is 1. The number of imidazole rings is 1. The highest BCUT2D eigenvalue weighted by Gasteiger charge is 2.35. The molecule has 0 aliphatic rings. The van der Waals surface area contributed by atoms with Crippen LogP contribution in [0.2, 0.25) is 0 Å². The third kappa shape index (κ3) is 4.53. The molecule has 0 fully saturated rings. The first-order valence-electron chi connectivity index (χ1n) is 7.66. The van der Waals surface area contributed by atoms with E-state index in [1.807, 2.05) is 4.98 Å². The van der Waals surface area contributed by atoms with Crippen molar-refractivity contribution in [1.82, 2.24) is 19.9 Å². The summed E-state index contributed by atoms with van der Waals surface area (Å²) in [6.07, 6.45) is -9.54. The molecule has 2 aromatic heterocycles. The number of hydrogen-bond acceptors (Lipinski definition) is 6. The fraction of sp³-hybridized carbons (Fsp3) is 0.267. The zero-order valence-corrected chi connectivity index (χ0v) is 13.9. The average molecular weight is 407 g/mol. The first-order valence-corrected chi connectivity index (χ1v) is 7.66. The minimum Gasteiger partial charge on any atom is -0.475 e. The summed E-state index contributed by atoms with van der Waals surface area (Å²) in [7, 11) is 0. The average Bonchev–Trinajstić information content (AvgIpc) is 2.99. The van der Waals surface area contributed by atoms with E-state index in [0.717, 1.165) is 12.1 Å². The van der Waals surface area contributed by atoms with E-state index in [1.165, 1.54) is 12.1 Å². The quantitative estimate of drug-likeness (QED) is 0.610. The minimum absolute atomic E-state index is 0.0564. The van der Waals surface area contributed by atoms with E-state index in [9.17, 15) is 26.3 Å². The number of nitrogens with one attached hydrogen (secondary N) is 2. The molecule has 0 radical (unpaired) electrons. The predicted octanol–water partition coefficient (Wildman–Crippen LogP) is 4.41. The third-order valence-corrected chi connectivity index (χ3v) is 3.20. The van der Waals surface area contributed by atoms with Crippen LogP contribution in [0.1, 0.15) is 12.7 Å². The van der Waals surface area contributed by atoms with Crippen LogP contribution < -0.4 is 14.8 Å². The molecule has 0 bridgehead atoms. The Hall–Kier alpha value is -3.25. The summed E-state index contributed by atoms with van der Waals surface area (Å²) >= 11 is 0. The summed E-state index contributed by atoms with van der Waals surface area (Å²) in [4.78, 5) is 13.2. The Morgan fingerprint density at radius 3 is 2.25 bits per heavy atom. The molecule has 0 aliphatic carbocycles. The molecule has 2 N–H and O–H groups in total. The van der Waals surface area contributed by atoms with Gasteiger partial charge in [-0.2, -0.15) is 18.2 Å². The van der Waals surface area contributed by atoms with Gasteiger partial charge >= 0.3 is 12.5 Å². The lowest BCUT2D eigenvalue weighted by Gasteiger charge is -2.12. The van der Waals surface area contributed by atoms with Crippen molar-refractivity contribution in [1.29, 1.82) is 0 Å². The molecule has 3 aromatic rings. The summed E-state index contributed by atoms with van der Waals surface area (Å²) in [6, 6.07) is 4.62. The Kier molecular flexibility index (Phi) is 4.91. The molecule has 0 unspecified atom stereocenters. The first-order chi connectivity index (χ1) is 13.0. The number of alkyl halides is 6. The molecule has 0 amide bonds. The number of ether oxygens (including phenoxy) is 2.